The molecule has 0 unspecified atom stereocenters. The van der Waals surface area contributed by atoms with Crippen LogP contribution >= 0.6 is 11.6 Å². The molecule has 0 spiro atoms. The van der Waals surface area contributed by atoms with Gasteiger partial charge in [0.05, 0.1) is 0 Å². The summed E-state index contributed by atoms with van der Waals surface area (Å²) in [7, 11) is 0. The van der Waals surface area contributed by atoms with Crippen LogP contribution in [0.5, 0.6) is 0 Å². The van der Waals surface area contributed by atoms with Crippen molar-refractivity contribution >= 4 is 35.4 Å². The Labute approximate surface area is 143 Å². The van der Waals surface area contributed by atoms with E-state index in [-0.39, 0.29) is 6.61 Å². The number of esters is 3. The molecule has 1 rings (SSSR count). The van der Waals surface area contributed by atoms with Gasteiger partial charge in [0.1, 0.15) is 18.8 Å². The minimum atomic E-state index is -1.11. The molecular formula is C14H20ClNO8. The summed E-state index contributed by atoms with van der Waals surface area (Å²) in [5, 5.41) is 2.50. The van der Waals surface area contributed by atoms with Crippen LogP contribution in [0.15, 0.2) is 0 Å². The molecule has 0 aromatic heterocycles. The molecule has 1 amide bonds. The summed E-state index contributed by atoms with van der Waals surface area (Å²) >= 11 is 6.11. The second-order valence-electron chi connectivity index (χ2n) is 5.20. The molecule has 136 valence electrons. The summed E-state index contributed by atoms with van der Waals surface area (Å²) in [5.74, 6) is -2.33. The van der Waals surface area contributed by atoms with E-state index in [9.17, 15) is 19.2 Å². The van der Waals surface area contributed by atoms with Gasteiger partial charge < -0.3 is 24.3 Å². The maximum Gasteiger partial charge on any atom is 0.303 e. The third-order valence-corrected chi connectivity index (χ3v) is 3.43. The first-order chi connectivity index (χ1) is 11.1. The lowest BCUT2D eigenvalue weighted by Gasteiger charge is -2.43. The van der Waals surface area contributed by atoms with E-state index in [1.807, 2.05) is 0 Å². The first-order valence-electron chi connectivity index (χ1n) is 7.16. The van der Waals surface area contributed by atoms with Crippen molar-refractivity contribution < 1.29 is 38.1 Å². The Hall–Kier alpha value is -1.87. The molecule has 0 aromatic carbocycles. The second kappa shape index (κ2) is 8.84. The predicted octanol–water partition coefficient (Wildman–Crippen LogP) is -0.119. The summed E-state index contributed by atoms with van der Waals surface area (Å²) in [5.41, 5.74) is -1.09. The lowest BCUT2D eigenvalue weighted by molar-refractivity contribution is -0.212. The Morgan fingerprint density at radius 2 is 1.50 bits per heavy atom. The average molecular weight is 366 g/mol. The summed E-state index contributed by atoms with van der Waals surface area (Å²) in [6.45, 7) is 4.51. The summed E-state index contributed by atoms with van der Waals surface area (Å²) in [6, 6.07) is -0.953. The zero-order chi connectivity index (χ0) is 18.4. The highest BCUT2D eigenvalue weighted by molar-refractivity contribution is 6.20. The Balaban J connectivity index is 3.11. The monoisotopic (exact) mass is 365 g/mol. The van der Waals surface area contributed by atoms with Gasteiger partial charge in [0.25, 0.3) is 0 Å². The summed E-state index contributed by atoms with van der Waals surface area (Å²) < 4.78 is 20.7. The first-order valence-corrected chi connectivity index (χ1v) is 7.60. The number of hydrogen-bond donors (Lipinski definition) is 1. The van der Waals surface area contributed by atoms with E-state index < -0.39 is 53.7 Å². The van der Waals surface area contributed by atoms with Crippen molar-refractivity contribution in [2.75, 3.05) is 6.61 Å². The fourth-order valence-corrected chi connectivity index (χ4v) is 2.62. The van der Waals surface area contributed by atoms with Crippen molar-refractivity contribution in [3.63, 3.8) is 0 Å². The molecule has 24 heavy (non-hydrogen) atoms. The normalized spacial score (nSPS) is 29.3. The molecule has 1 saturated heterocycles. The van der Waals surface area contributed by atoms with E-state index in [2.05, 4.69) is 5.32 Å². The third kappa shape index (κ3) is 5.97. The molecule has 0 aromatic rings. The zero-order valence-corrected chi connectivity index (χ0v) is 14.5. The van der Waals surface area contributed by atoms with Gasteiger partial charge in [-0.2, -0.15) is 0 Å². The molecule has 1 aliphatic heterocycles. The smallest absolute Gasteiger partial charge is 0.303 e. The van der Waals surface area contributed by atoms with Crippen LogP contribution in [0.1, 0.15) is 27.7 Å². The molecule has 0 aliphatic carbocycles. The lowest BCUT2D eigenvalue weighted by Crippen LogP contribution is -2.64. The van der Waals surface area contributed by atoms with Crippen LogP contribution in [0.2, 0.25) is 0 Å². The lowest BCUT2D eigenvalue weighted by atomic mass is 9.97. The Morgan fingerprint density at radius 1 is 0.958 bits per heavy atom. The van der Waals surface area contributed by atoms with E-state index in [0.717, 1.165) is 13.8 Å². The molecule has 0 saturated carbocycles. The van der Waals surface area contributed by atoms with Gasteiger partial charge in [-0.1, -0.05) is 11.6 Å². The molecule has 1 fully saturated rings. The predicted molar refractivity (Wildman–Crippen MR) is 79.9 cm³/mol. The van der Waals surface area contributed by atoms with Crippen molar-refractivity contribution in [1.82, 2.24) is 5.32 Å². The highest BCUT2D eigenvalue weighted by atomic mass is 35.5. The largest absolute Gasteiger partial charge is 0.463 e. The highest BCUT2D eigenvalue weighted by Crippen LogP contribution is 2.28. The fourth-order valence-electron chi connectivity index (χ4n) is 2.28. The number of amides is 1. The van der Waals surface area contributed by atoms with Crippen molar-refractivity contribution in [2.24, 2.45) is 0 Å². The summed E-state index contributed by atoms with van der Waals surface area (Å²) in [4.78, 5) is 45.2. The minimum Gasteiger partial charge on any atom is -0.463 e. The highest BCUT2D eigenvalue weighted by Gasteiger charge is 2.50. The van der Waals surface area contributed by atoms with Gasteiger partial charge in [-0.15, -0.1) is 0 Å². The van der Waals surface area contributed by atoms with Crippen LogP contribution < -0.4 is 5.32 Å². The quantitative estimate of drug-likeness (QED) is 0.407. The van der Waals surface area contributed by atoms with Gasteiger partial charge >= 0.3 is 17.9 Å². The molecule has 1 N–H and O–H groups in total. The maximum absolute atomic E-state index is 11.4. The SMILES string of the molecule is CC(=O)N[C@@H]1[C@H](OC(C)=O)[C@H](OC(C)=O)[C@H](COC(C)=O)O[C@@H]1Cl. The van der Waals surface area contributed by atoms with Crippen LogP contribution in [-0.4, -0.2) is 60.3 Å². The van der Waals surface area contributed by atoms with Crippen LogP contribution in [0.3, 0.4) is 0 Å². The molecular weight excluding hydrogens is 346 g/mol. The first kappa shape index (κ1) is 20.2. The van der Waals surface area contributed by atoms with Gasteiger partial charge in [-0.25, -0.2) is 0 Å². The van der Waals surface area contributed by atoms with Gasteiger partial charge in [0.15, 0.2) is 17.8 Å². The van der Waals surface area contributed by atoms with Crippen molar-refractivity contribution in [3.05, 3.63) is 0 Å². The number of rotatable bonds is 5. The molecule has 10 heteroatoms. The van der Waals surface area contributed by atoms with Crippen LogP contribution in [0.4, 0.5) is 0 Å². The van der Waals surface area contributed by atoms with E-state index in [1.54, 1.807) is 0 Å². The number of nitrogens with one attached hydrogen (secondary N) is 1. The molecule has 1 aliphatic rings. The van der Waals surface area contributed by atoms with E-state index in [0.29, 0.717) is 0 Å². The third-order valence-electron chi connectivity index (χ3n) is 3.06. The van der Waals surface area contributed by atoms with Gasteiger partial charge in [-0.05, 0) is 0 Å². The molecule has 9 nitrogen and oxygen atoms in total. The fraction of sp³-hybridized carbons (Fsp3) is 0.714. The van der Waals surface area contributed by atoms with Gasteiger partial charge in [-0.3, -0.25) is 19.2 Å². The standard InChI is InChI=1S/C14H20ClNO8/c1-6(17)16-11-13(23-9(4)20)12(22-8(3)19)10(24-14(11)15)5-21-7(2)18/h10-14H,5H2,1-4H3,(H,16,17)/t10-,11+,12+,13-,14-/m0/s1. The van der Waals surface area contributed by atoms with Gasteiger partial charge in [0, 0.05) is 27.7 Å². The topological polar surface area (TPSA) is 117 Å². The number of halogens is 1. The van der Waals surface area contributed by atoms with Crippen LogP contribution in [0.25, 0.3) is 0 Å². The second-order valence-corrected chi connectivity index (χ2v) is 5.63. The van der Waals surface area contributed by atoms with Crippen molar-refractivity contribution in [1.29, 1.82) is 0 Å². The number of ether oxygens (including phenoxy) is 4. The number of hydrogen-bond acceptors (Lipinski definition) is 8. The maximum atomic E-state index is 11.4. The zero-order valence-electron chi connectivity index (χ0n) is 13.7. The minimum absolute atomic E-state index is 0.263. The van der Waals surface area contributed by atoms with Crippen LogP contribution in [0, 0.1) is 0 Å². The molecule has 1 heterocycles. The van der Waals surface area contributed by atoms with E-state index in [1.165, 1.54) is 13.8 Å². The van der Waals surface area contributed by atoms with Crippen molar-refractivity contribution in [3.8, 4) is 0 Å². The molecule has 0 bridgehead atoms. The number of alkyl halides is 1. The molecule has 5 atom stereocenters. The van der Waals surface area contributed by atoms with Gasteiger partial charge in [0.2, 0.25) is 5.91 Å². The van der Waals surface area contributed by atoms with Crippen LogP contribution in [-0.2, 0) is 38.1 Å². The Morgan fingerprint density at radius 3 is 1.96 bits per heavy atom. The number of carbonyl (C=O) groups excluding carboxylic acids is 4. The summed E-state index contributed by atoms with van der Waals surface area (Å²) in [6.07, 6.45) is -3.18. The number of carbonyl (C=O) groups is 4. The van der Waals surface area contributed by atoms with E-state index in [4.69, 9.17) is 30.5 Å². The van der Waals surface area contributed by atoms with Crippen molar-refractivity contribution in [2.45, 2.75) is 57.6 Å². The molecule has 0 radical (unpaired) electrons. The Bertz CT molecular complexity index is 511. The average Bonchev–Trinajstić information content (AvgIpc) is 2.42. The Kier molecular flexibility index (Phi) is 7.43. The van der Waals surface area contributed by atoms with E-state index >= 15 is 0 Å².